The molecular weight excluding hydrogens is 494 g/mol. The van der Waals surface area contributed by atoms with Crippen molar-refractivity contribution in [2.75, 3.05) is 26.2 Å². The number of nitrogens with one attached hydrogen (secondary N) is 2. The minimum absolute atomic E-state index is 0.132. The number of aromatic nitrogens is 1. The number of pyridine rings is 1. The van der Waals surface area contributed by atoms with Gasteiger partial charge >= 0.3 is 6.03 Å². The highest BCUT2D eigenvalue weighted by Gasteiger charge is 2.43. The van der Waals surface area contributed by atoms with Gasteiger partial charge in [-0.1, -0.05) is 36.4 Å². The Labute approximate surface area is 227 Å². The molecule has 0 spiro atoms. The number of nitrogens with zero attached hydrogens (tertiary/aromatic N) is 3. The third-order valence-electron chi connectivity index (χ3n) is 6.82. The van der Waals surface area contributed by atoms with Crippen molar-refractivity contribution >= 4 is 17.8 Å². The lowest BCUT2D eigenvalue weighted by Gasteiger charge is -2.33. The van der Waals surface area contributed by atoms with E-state index in [9.17, 15) is 14.4 Å². The van der Waals surface area contributed by atoms with E-state index in [1.807, 2.05) is 79.7 Å². The summed E-state index contributed by atoms with van der Waals surface area (Å²) in [4.78, 5) is 46.6. The second kappa shape index (κ2) is 11.8. The SMILES string of the molecule is CCN1C(=O)NC(c2cccc(Oc3ccccc3)c2)C2=C1CN(CCC(=O)NCCc1ccccn1)C2=O. The lowest BCUT2D eigenvalue weighted by Crippen LogP contribution is -2.47. The molecule has 200 valence electrons. The van der Waals surface area contributed by atoms with Crippen molar-refractivity contribution in [2.45, 2.75) is 25.8 Å². The summed E-state index contributed by atoms with van der Waals surface area (Å²) < 4.78 is 5.98. The van der Waals surface area contributed by atoms with E-state index in [2.05, 4.69) is 15.6 Å². The van der Waals surface area contributed by atoms with Crippen LogP contribution in [0.4, 0.5) is 4.79 Å². The fourth-order valence-corrected chi connectivity index (χ4v) is 4.90. The molecule has 2 aromatic carbocycles. The van der Waals surface area contributed by atoms with Crippen LogP contribution in [-0.2, 0) is 16.0 Å². The van der Waals surface area contributed by atoms with Crippen LogP contribution in [0.15, 0.2) is 90.3 Å². The minimum Gasteiger partial charge on any atom is -0.457 e. The van der Waals surface area contributed by atoms with Crippen LogP contribution >= 0.6 is 0 Å². The summed E-state index contributed by atoms with van der Waals surface area (Å²) in [5.41, 5.74) is 2.87. The number of likely N-dealkylation sites (N-methyl/N-ethyl adjacent to an activating group) is 1. The molecule has 0 radical (unpaired) electrons. The van der Waals surface area contributed by atoms with Gasteiger partial charge in [0.25, 0.3) is 5.91 Å². The first-order valence-electron chi connectivity index (χ1n) is 13.1. The van der Waals surface area contributed by atoms with Crippen molar-refractivity contribution in [3.05, 3.63) is 102 Å². The van der Waals surface area contributed by atoms with Gasteiger partial charge in [-0.2, -0.15) is 0 Å². The summed E-state index contributed by atoms with van der Waals surface area (Å²) in [6, 6.07) is 21.6. The number of urea groups is 1. The highest BCUT2D eigenvalue weighted by molar-refractivity contribution is 6.01. The van der Waals surface area contributed by atoms with Crippen molar-refractivity contribution in [1.29, 1.82) is 0 Å². The first kappa shape index (κ1) is 26.0. The molecule has 2 aliphatic rings. The average molecular weight is 526 g/mol. The molecule has 0 saturated carbocycles. The highest BCUT2D eigenvalue weighted by Crippen LogP contribution is 2.37. The zero-order valence-electron chi connectivity index (χ0n) is 21.8. The van der Waals surface area contributed by atoms with Crippen LogP contribution < -0.4 is 15.4 Å². The normalized spacial score (nSPS) is 16.7. The van der Waals surface area contributed by atoms with Crippen LogP contribution in [0, 0.1) is 0 Å². The maximum Gasteiger partial charge on any atom is 0.322 e. The van der Waals surface area contributed by atoms with Crippen molar-refractivity contribution in [3.8, 4) is 11.5 Å². The van der Waals surface area contributed by atoms with Crippen LogP contribution in [0.2, 0.25) is 0 Å². The molecule has 1 unspecified atom stereocenters. The number of carbonyl (C=O) groups is 3. The van der Waals surface area contributed by atoms with E-state index in [-0.39, 0.29) is 37.4 Å². The van der Waals surface area contributed by atoms with Gasteiger partial charge in [0.2, 0.25) is 5.91 Å². The number of hydrogen-bond donors (Lipinski definition) is 2. The molecule has 9 nitrogen and oxygen atoms in total. The molecule has 3 heterocycles. The van der Waals surface area contributed by atoms with Gasteiger partial charge in [-0.25, -0.2) is 4.79 Å². The molecule has 4 amide bonds. The van der Waals surface area contributed by atoms with Gasteiger partial charge in [-0.05, 0) is 48.9 Å². The van der Waals surface area contributed by atoms with E-state index in [4.69, 9.17) is 4.74 Å². The lowest BCUT2D eigenvalue weighted by atomic mass is 9.95. The van der Waals surface area contributed by atoms with Gasteiger partial charge in [0.05, 0.1) is 23.9 Å². The predicted molar refractivity (Wildman–Crippen MR) is 146 cm³/mol. The van der Waals surface area contributed by atoms with Gasteiger partial charge in [0, 0.05) is 44.4 Å². The van der Waals surface area contributed by atoms with E-state index in [0.717, 1.165) is 11.3 Å². The van der Waals surface area contributed by atoms with Crippen LogP contribution in [0.5, 0.6) is 11.5 Å². The second-order valence-electron chi connectivity index (χ2n) is 9.37. The Hall–Kier alpha value is -4.66. The van der Waals surface area contributed by atoms with Crippen molar-refractivity contribution in [1.82, 2.24) is 25.4 Å². The molecule has 1 aromatic heterocycles. The highest BCUT2D eigenvalue weighted by atomic mass is 16.5. The Balaban J connectivity index is 1.26. The Kier molecular flexibility index (Phi) is 7.86. The lowest BCUT2D eigenvalue weighted by molar-refractivity contribution is -0.127. The molecule has 2 N–H and O–H groups in total. The summed E-state index contributed by atoms with van der Waals surface area (Å²) >= 11 is 0. The van der Waals surface area contributed by atoms with E-state index < -0.39 is 6.04 Å². The van der Waals surface area contributed by atoms with E-state index in [1.165, 1.54) is 0 Å². The molecule has 2 aliphatic heterocycles. The third kappa shape index (κ3) is 5.93. The largest absolute Gasteiger partial charge is 0.457 e. The van der Waals surface area contributed by atoms with E-state index in [0.29, 0.717) is 42.3 Å². The predicted octanol–water partition coefficient (Wildman–Crippen LogP) is 3.81. The maximum absolute atomic E-state index is 13.6. The molecule has 3 aromatic rings. The van der Waals surface area contributed by atoms with Crippen LogP contribution in [-0.4, -0.2) is 58.8 Å². The van der Waals surface area contributed by atoms with Crippen molar-refractivity contribution in [3.63, 3.8) is 0 Å². The molecule has 0 saturated heterocycles. The minimum atomic E-state index is -0.612. The van der Waals surface area contributed by atoms with Gasteiger partial charge in [0.1, 0.15) is 11.5 Å². The summed E-state index contributed by atoms with van der Waals surface area (Å²) in [5, 5.41) is 5.90. The van der Waals surface area contributed by atoms with Gasteiger partial charge in [-0.15, -0.1) is 0 Å². The molecule has 0 bridgehead atoms. The van der Waals surface area contributed by atoms with Gasteiger partial charge < -0.3 is 20.3 Å². The number of carbonyl (C=O) groups excluding carboxylic acids is 3. The molecule has 5 rings (SSSR count). The molecule has 39 heavy (non-hydrogen) atoms. The molecule has 1 atom stereocenters. The van der Waals surface area contributed by atoms with Crippen molar-refractivity contribution in [2.24, 2.45) is 0 Å². The fourth-order valence-electron chi connectivity index (χ4n) is 4.90. The van der Waals surface area contributed by atoms with Crippen LogP contribution in [0.25, 0.3) is 0 Å². The number of rotatable bonds is 10. The number of para-hydroxylation sites is 1. The number of hydrogen-bond acceptors (Lipinski definition) is 5. The zero-order chi connectivity index (χ0) is 27.2. The molecular formula is C30H31N5O4. The fraction of sp³-hybridized carbons (Fsp3) is 0.267. The zero-order valence-corrected chi connectivity index (χ0v) is 21.8. The van der Waals surface area contributed by atoms with E-state index >= 15 is 0 Å². The standard InChI is InChI=1S/C30H31N5O4/c1-2-35-25-20-34(18-15-26(36)32-17-14-22-10-6-7-16-31-22)29(37)27(25)28(33-30(35)38)21-9-8-13-24(19-21)39-23-11-4-3-5-12-23/h3-13,16,19,28H,2,14-15,17-18,20H2,1H3,(H,32,36)(H,33,38). The van der Waals surface area contributed by atoms with Crippen molar-refractivity contribution < 1.29 is 19.1 Å². The van der Waals surface area contributed by atoms with Crippen LogP contribution in [0.3, 0.4) is 0 Å². The summed E-state index contributed by atoms with van der Waals surface area (Å²) in [5.74, 6) is 0.995. The smallest absolute Gasteiger partial charge is 0.322 e. The molecule has 0 aliphatic carbocycles. The average Bonchev–Trinajstić information content (AvgIpc) is 3.28. The van der Waals surface area contributed by atoms with Crippen LogP contribution in [0.1, 0.15) is 30.6 Å². The number of benzene rings is 2. The van der Waals surface area contributed by atoms with Gasteiger partial charge in [0.15, 0.2) is 0 Å². The number of ether oxygens (including phenoxy) is 1. The molecule has 0 fully saturated rings. The number of amides is 4. The second-order valence-corrected chi connectivity index (χ2v) is 9.37. The summed E-state index contributed by atoms with van der Waals surface area (Å²) in [7, 11) is 0. The maximum atomic E-state index is 13.6. The quantitative estimate of drug-likeness (QED) is 0.419. The summed E-state index contributed by atoms with van der Waals surface area (Å²) in [6.07, 6.45) is 2.54. The Morgan fingerprint density at radius 2 is 1.85 bits per heavy atom. The monoisotopic (exact) mass is 525 g/mol. The first-order chi connectivity index (χ1) is 19.0. The Morgan fingerprint density at radius 3 is 2.62 bits per heavy atom. The van der Waals surface area contributed by atoms with Gasteiger partial charge in [-0.3, -0.25) is 19.5 Å². The first-order valence-corrected chi connectivity index (χ1v) is 13.1. The Bertz CT molecular complexity index is 1380. The third-order valence-corrected chi connectivity index (χ3v) is 6.82. The molecule has 9 heteroatoms. The van der Waals surface area contributed by atoms with E-state index in [1.54, 1.807) is 16.0 Å². The Morgan fingerprint density at radius 1 is 1.05 bits per heavy atom. The topological polar surface area (TPSA) is 104 Å². The summed E-state index contributed by atoms with van der Waals surface area (Å²) in [6.45, 7) is 3.33.